The third kappa shape index (κ3) is 3.05. The van der Waals surface area contributed by atoms with Gasteiger partial charge >= 0.3 is 0 Å². The normalized spacial score (nSPS) is 12.3. The van der Waals surface area contributed by atoms with Gasteiger partial charge in [0.05, 0.1) is 0 Å². The fourth-order valence-corrected chi connectivity index (χ4v) is 2.06. The zero-order valence-electron chi connectivity index (χ0n) is 11.7. The van der Waals surface area contributed by atoms with Crippen LogP contribution in [0.15, 0.2) is 29.1 Å². The molecule has 0 aliphatic carbocycles. The van der Waals surface area contributed by atoms with Crippen molar-refractivity contribution in [3.05, 3.63) is 46.0 Å². The Kier molecular flexibility index (Phi) is 4.20. The number of aromatic nitrogens is 2. The molecule has 0 aliphatic rings. The standard InChI is InChI=1S/C15H19N3O2/c1-3-11(16)8-12-17-14(19)13(15(20)18-12)10-6-4-5-9(2)7-10/h4-7,11H,3,8,16H2,1-2H3,(H2,17,18,19,20). The van der Waals surface area contributed by atoms with E-state index in [4.69, 9.17) is 5.73 Å². The summed E-state index contributed by atoms with van der Waals surface area (Å²) in [5, 5.41) is 10.0. The van der Waals surface area contributed by atoms with Gasteiger partial charge in [-0.25, -0.2) is 0 Å². The van der Waals surface area contributed by atoms with Gasteiger partial charge in [-0.15, -0.1) is 0 Å². The fourth-order valence-electron chi connectivity index (χ4n) is 2.06. The molecular weight excluding hydrogens is 254 g/mol. The molecule has 1 heterocycles. The molecule has 0 bridgehead atoms. The Morgan fingerprint density at radius 3 is 2.80 bits per heavy atom. The molecule has 0 saturated carbocycles. The fraction of sp³-hybridized carbons (Fsp3) is 0.333. The Labute approximate surface area is 117 Å². The van der Waals surface area contributed by atoms with Crippen molar-refractivity contribution in [1.82, 2.24) is 9.97 Å². The Hall–Kier alpha value is -2.14. The van der Waals surface area contributed by atoms with Crippen molar-refractivity contribution in [2.75, 3.05) is 0 Å². The number of nitrogens with two attached hydrogens (primary N) is 1. The number of rotatable bonds is 4. The topological polar surface area (TPSA) is 92.0 Å². The van der Waals surface area contributed by atoms with Crippen LogP contribution in [0.2, 0.25) is 0 Å². The Balaban J connectivity index is 2.44. The summed E-state index contributed by atoms with van der Waals surface area (Å²) in [6.45, 7) is 3.89. The zero-order chi connectivity index (χ0) is 14.7. The summed E-state index contributed by atoms with van der Waals surface area (Å²) in [7, 11) is 0. The van der Waals surface area contributed by atoms with E-state index >= 15 is 0 Å². The molecular formula is C15H19N3O2. The van der Waals surface area contributed by atoms with Crippen LogP contribution in [0.1, 0.15) is 24.7 Å². The van der Waals surface area contributed by atoms with Gasteiger partial charge in [-0.05, 0) is 18.9 Å². The summed E-state index contributed by atoms with van der Waals surface area (Å²) >= 11 is 0. The van der Waals surface area contributed by atoms with E-state index in [0.29, 0.717) is 17.8 Å². The summed E-state index contributed by atoms with van der Waals surface area (Å²) in [6, 6.07) is 7.29. The van der Waals surface area contributed by atoms with Crippen LogP contribution in [0, 0.1) is 6.92 Å². The van der Waals surface area contributed by atoms with Gasteiger partial charge in [0.25, 0.3) is 5.56 Å². The van der Waals surface area contributed by atoms with Crippen LogP contribution >= 0.6 is 0 Å². The molecule has 1 atom stereocenters. The molecule has 1 aromatic heterocycles. The summed E-state index contributed by atoms with van der Waals surface area (Å²) < 4.78 is 0. The summed E-state index contributed by atoms with van der Waals surface area (Å²) in [6.07, 6.45) is 1.22. The van der Waals surface area contributed by atoms with E-state index in [2.05, 4.69) is 9.97 Å². The van der Waals surface area contributed by atoms with E-state index < -0.39 is 0 Å². The Morgan fingerprint density at radius 1 is 1.45 bits per heavy atom. The first kappa shape index (κ1) is 14.3. The lowest BCUT2D eigenvalue weighted by molar-refractivity contribution is 0.448. The quantitative estimate of drug-likeness (QED) is 0.791. The molecule has 1 unspecified atom stereocenters. The lowest BCUT2D eigenvalue weighted by Crippen LogP contribution is -2.25. The molecule has 5 nitrogen and oxygen atoms in total. The molecule has 5 heteroatoms. The highest BCUT2D eigenvalue weighted by Gasteiger charge is 2.14. The number of benzene rings is 1. The maximum atomic E-state index is 12.1. The van der Waals surface area contributed by atoms with Crippen molar-refractivity contribution in [1.29, 1.82) is 0 Å². The molecule has 1 aromatic carbocycles. The van der Waals surface area contributed by atoms with Crippen molar-refractivity contribution >= 4 is 0 Å². The van der Waals surface area contributed by atoms with E-state index in [-0.39, 0.29) is 23.0 Å². The van der Waals surface area contributed by atoms with E-state index in [0.717, 1.165) is 12.0 Å². The van der Waals surface area contributed by atoms with Crippen LogP contribution in [0.3, 0.4) is 0 Å². The van der Waals surface area contributed by atoms with Gasteiger partial charge in [0.15, 0.2) is 0 Å². The maximum absolute atomic E-state index is 12.1. The monoisotopic (exact) mass is 273 g/mol. The highest BCUT2D eigenvalue weighted by molar-refractivity contribution is 5.67. The highest BCUT2D eigenvalue weighted by Crippen LogP contribution is 2.24. The molecule has 0 fully saturated rings. The molecule has 0 radical (unpaired) electrons. The first-order valence-corrected chi connectivity index (χ1v) is 6.66. The van der Waals surface area contributed by atoms with Crippen molar-refractivity contribution in [3.8, 4) is 17.0 Å². The zero-order valence-corrected chi connectivity index (χ0v) is 11.7. The van der Waals surface area contributed by atoms with E-state index in [9.17, 15) is 9.90 Å². The van der Waals surface area contributed by atoms with E-state index in [1.54, 1.807) is 6.07 Å². The third-order valence-corrected chi connectivity index (χ3v) is 3.24. The predicted molar refractivity (Wildman–Crippen MR) is 78.7 cm³/mol. The second kappa shape index (κ2) is 5.88. The summed E-state index contributed by atoms with van der Waals surface area (Å²) in [5.74, 6) is 0.163. The Morgan fingerprint density at radius 2 is 2.20 bits per heavy atom. The lowest BCUT2D eigenvalue weighted by atomic mass is 10.1. The number of aromatic hydroxyl groups is 1. The van der Waals surface area contributed by atoms with Crippen LogP contribution in [-0.2, 0) is 6.42 Å². The molecule has 4 N–H and O–H groups in total. The number of hydrogen-bond donors (Lipinski definition) is 3. The third-order valence-electron chi connectivity index (χ3n) is 3.24. The minimum absolute atomic E-state index is 0.0811. The summed E-state index contributed by atoms with van der Waals surface area (Å²) in [4.78, 5) is 18.9. The average molecular weight is 273 g/mol. The second-order valence-electron chi connectivity index (χ2n) is 4.95. The molecule has 0 spiro atoms. The first-order valence-electron chi connectivity index (χ1n) is 6.66. The largest absolute Gasteiger partial charge is 0.493 e. The van der Waals surface area contributed by atoms with Crippen molar-refractivity contribution < 1.29 is 5.11 Å². The smallest absolute Gasteiger partial charge is 0.262 e. The maximum Gasteiger partial charge on any atom is 0.262 e. The molecule has 2 rings (SSSR count). The van der Waals surface area contributed by atoms with Crippen molar-refractivity contribution in [3.63, 3.8) is 0 Å². The van der Waals surface area contributed by atoms with Gasteiger partial charge in [0.2, 0.25) is 5.88 Å². The van der Waals surface area contributed by atoms with Gasteiger partial charge in [0.1, 0.15) is 11.4 Å². The predicted octanol–water partition coefficient (Wildman–Crippen LogP) is 1.73. The number of aryl methyl sites for hydroxylation is 1. The molecule has 0 amide bonds. The number of H-pyrrole nitrogens is 1. The molecule has 0 aliphatic heterocycles. The number of aromatic amines is 1. The molecule has 106 valence electrons. The number of nitrogens with one attached hydrogen (secondary N) is 1. The first-order chi connectivity index (χ1) is 9.51. The minimum atomic E-state index is -0.346. The van der Waals surface area contributed by atoms with Crippen LogP contribution < -0.4 is 11.3 Å². The second-order valence-corrected chi connectivity index (χ2v) is 4.95. The van der Waals surface area contributed by atoms with Gasteiger partial charge in [0, 0.05) is 12.5 Å². The van der Waals surface area contributed by atoms with Crippen molar-refractivity contribution in [2.45, 2.75) is 32.7 Å². The van der Waals surface area contributed by atoms with Gasteiger partial charge in [-0.1, -0.05) is 36.8 Å². The molecule has 20 heavy (non-hydrogen) atoms. The van der Waals surface area contributed by atoms with E-state index in [1.807, 2.05) is 32.0 Å². The van der Waals surface area contributed by atoms with Gasteiger partial charge < -0.3 is 15.8 Å². The van der Waals surface area contributed by atoms with Crippen LogP contribution in [-0.4, -0.2) is 21.1 Å². The molecule has 0 saturated heterocycles. The van der Waals surface area contributed by atoms with Gasteiger partial charge in [-0.3, -0.25) is 4.79 Å². The number of nitrogens with zero attached hydrogens (tertiary/aromatic N) is 1. The minimum Gasteiger partial charge on any atom is -0.493 e. The van der Waals surface area contributed by atoms with Crippen LogP contribution in [0.5, 0.6) is 5.88 Å². The van der Waals surface area contributed by atoms with Crippen molar-refractivity contribution in [2.24, 2.45) is 5.73 Å². The Bertz CT molecular complexity index is 664. The lowest BCUT2D eigenvalue weighted by Gasteiger charge is -2.10. The van der Waals surface area contributed by atoms with Crippen LogP contribution in [0.25, 0.3) is 11.1 Å². The average Bonchev–Trinajstić information content (AvgIpc) is 2.37. The highest BCUT2D eigenvalue weighted by atomic mass is 16.3. The van der Waals surface area contributed by atoms with E-state index in [1.165, 1.54) is 0 Å². The summed E-state index contributed by atoms with van der Waals surface area (Å²) in [5.41, 5.74) is 7.35. The number of hydrogen-bond acceptors (Lipinski definition) is 4. The van der Waals surface area contributed by atoms with Gasteiger partial charge in [-0.2, -0.15) is 4.98 Å². The molecule has 2 aromatic rings. The van der Waals surface area contributed by atoms with Crippen LogP contribution in [0.4, 0.5) is 0 Å². The SMILES string of the molecule is CCC(N)Cc1nc(O)c(-c2cccc(C)c2)c(=O)[nH]1.